The third-order valence-electron chi connectivity index (χ3n) is 3.60. The molecule has 1 amide bonds. The number of nitrogens with one attached hydrogen (secondary N) is 1. The summed E-state index contributed by atoms with van der Waals surface area (Å²) in [6, 6.07) is 13.2. The second-order valence-corrected chi connectivity index (χ2v) is 5.95. The number of amides is 1. The molecular formula is C18H11Cl2NO3. The van der Waals surface area contributed by atoms with E-state index >= 15 is 0 Å². The van der Waals surface area contributed by atoms with Gasteiger partial charge in [-0.05, 0) is 35.0 Å². The standard InChI is InChI=1S/C18H11Cl2NO3/c19-11-5-6-16(15(20)8-11)21-18(24)13-7-10-3-1-2-4-12(10)14(9-22)17(13)23/h1-9,23H,(H,21,24). The van der Waals surface area contributed by atoms with Crippen molar-refractivity contribution in [2.24, 2.45) is 0 Å². The number of fused-ring (bicyclic) bond motifs is 1. The first-order chi connectivity index (χ1) is 11.5. The molecule has 0 unspecified atom stereocenters. The van der Waals surface area contributed by atoms with Gasteiger partial charge in [0.25, 0.3) is 5.91 Å². The third-order valence-corrected chi connectivity index (χ3v) is 4.15. The van der Waals surface area contributed by atoms with Crippen molar-refractivity contribution >= 4 is 51.9 Å². The molecule has 0 saturated carbocycles. The van der Waals surface area contributed by atoms with E-state index in [9.17, 15) is 14.7 Å². The Kier molecular flexibility index (Phi) is 4.42. The van der Waals surface area contributed by atoms with E-state index in [0.717, 1.165) is 0 Å². The van der Waals surface area contributed by atoms with Gasteiger partial charge in [0, 0.05) is 5.02 Å². The maximum absolute atomic E-state index is 12.5. The molecule has 6 heteroatoms. The number of phenols is 1. The number of hydrogen-bond donors (Lipinski definition) is 2. The molecular weight excluding hydrogens is 349 g/mol. The smallest absolute Gasteiger partial charge is 0.259 e. The van der Waals surface area contributed by atoms with Gasteiger partial charge in [-0.15, -0.1) is 0 Å². The van der Waals surface area contributed by atoms with Crippen molar-refractivity contribution in [2.75, 3.05) is 5.32 Å². The molecule has 0 atom stereocenters. The predicted molar refractivity (Wildman–Crippen MR) is 95.4 cm³/mol. The molecule has 0 spiro atoms. The van der Waals surface area contributed by atoms with Crippen LogP contribution in [0.15, 0.2) is 48.5 Å². The highest BCUT2D eigenvalue weighted by molar-refractivity contribution is 6.36. The molecule has 0 fully saturated rings. The van der Waals surface area contributed by atoms with Crippen molar-refractivity contribution in [3.05, 3.63) is 69.7 Å². The molecule has 4 nitrogen and oxygen atoms in total. The lowest BCUT2D eigenvalue weighted by Crippen LogP contribution is -2.13. The summed E-state index contributed by atoms with van der Waals surface area (Å²) in [7, 11) is 0. The molecule has 0 bridgehead atoms. The van der Waals surface area contributed by atoms with E-state index in [2.05, 4.69) is 5.32 Å². The molecule has 0 heterocycles. The van der Waals surface area contributed by atoms with Gasteiger partial charge in [-0.1, -0.05) is 47.5 Å². The lowest BCUT2D eigenvalue weighted by molar-refractivity contribution is 0.102. The summed E-state index contributed by atoms with van der Waals surface area (Å²) in [6.07, 6.45) is 0.531. The highest BCUT2D eigenvalue weighted by Crippen LogP contribution is 2.32. The average Bonchev–Trinajstić information content (AvgIpc) is 2.57. The van der Waals surface area contributed by atoms with Gasteiger partial charge in [-0.3, -0.25) is 9.59 Å². The van der Waals surface area contributed by atoms with Gasteiger partial charge in [0.2, 0.25) is 0 Å². The van der Waals surface area contributed by atoms with Gasteiger partial charge in [-0.2, -0.15) is 0 Å². The van der Waals surface area contributed by atoms with Crippen molar-refractivity contribution in [2.45, 2.75) is 0 Å². The Hall–Kier alpha value is -2.56. The number of benzene rings is 3. The van der Waals surface area contributed by atoms with Gasteiger partial charge >= 0.3 is 0 Å². The number of halogens is 2. The fourth-order valence-corrected chi connectivity index (χ4v) is 2.89. The summed E-state index contributed by atoms with van der Waals surface area (Å²) >= 11 is 11.9. The number of rotatable bonds is 3. The number of hydrogen-bond acceptors (Lipinski definition) is 3. The van der Waals surface area contributed by atoms with Crippen LogP contribution in [0.1, 0.15) is 20.7 Å². The topological polar surface area (TPSA) is 66.4 Å². The molecule has 2 N–H and O–H groups in total. The van der Waals surface area contributed by atoms with Gasteiger partial charge in [0.05, 0.1) is 21.8 Å². The highest BCUT2D eigenvalue weighted by atomic mass is 35.5. The highest BCUT2D eigenvalue weighted by Gasteiger charge is 2.18. The quantitative estimate of drug-likeness (QED) is 0.652. The van der Waals surface area contributed by atoms with Gasteiger partial charge < -0.3 is 10.4 Å². The van der Waals surface area contributed by atoms with Gasteiger partial charge in [0.15, 0.2) is 6.29 Å². The Morgan fingerprint density at radius 2 is 1.83 bits per heavy atom. The molecule has 3 rings (SSSR count). The van der Waals surface area contributed by atoms with Crippen LogP contribution in [0.25, 0.3) is 10.8 Å². The molecule has 0 aromatic heterocycles. The number of aldehydes is 1. The van der Waals surface area contributed by atoms with E-state index in [-0.39, 0.29) is 21.9 Å². The number of carbonyl (C=O) groups is 2. The molecule has 0 saturated heterocycles. The SMILES string of the molecule is O=Cc1c(O)c(C(=O)Nc2ccc(Cl)cc2Cl)cc2ccccc12. The monoisotopic (exact) mass is 359 g/mol. The zero-order valence-electron chi connectivity index (χ0n) is 12.2. The summed E-state index contributed by atoms with van der Waals surface area (Å²) < 4.78 is 0. The van der Waals surface area contributed by atoms with E-state index in [1.54, 1.807) is 36.4 Å². The van der Waals surface area contributed by atoms with Gasteiger partial charge in [-0.25, -0.2) is 0 Å². The maximum atomic E-state index is 12.5. The van der Waals surface area contributed by atoms with Crippen LogP contribution in [0.3, 0.4) is 0 Å². The van der Waals surface area contributed by atoms with Crippen LogP contribution in [0, 0.1) is 0 Å². The minimum absolute atomic E-state index is 0.0122. The average molecular weight is 360 g/mol. The first kappa shape index (κ1) is 16.3. The van der Waals surface area contributed by atoms with Crippen LogP contribution in [0.5, 0.6) is 5.75 Å². The minimum Gasteiger partial charge on any atom is -0.506 e. The van der Waals surface area contributed by atoms with Crippen molar-refractivity contribution in [3.8, 4) is 5.75 Å². The molecule has 3 aromatic carbocycles. The van der Waals surface area contributed by atoms with E-state index in [1.807, 2.05) is 0 Å². The van der Waals surface area contributed by atoms with Crippen LogP contribution in [-0.2, 0) is 0 Å². The minimum atomic E-state index is -0.578. The van der Waals surface area contributed by atoms with E-state index < -0.39 is 5.91 Å². The Morgan fingerprint density at radius 3 is 2.54 bits per heavy atom. The zero-order chi connectivity index (χ0) is 17.3. The Labute approximate surface area is 147 Å². The van der Waals surface area contributed by atoms with Crippen LogP contribution >= 0.6 is 23.2 Å². The van der Waals surface area contributed by atoms with E-state index in [0.29, 0.717) is 27.8 Å². The summed E-state index contributed by atoms with van der Waals surface area (Å²) in [5, 5.41) is 14.9. The molecule has 0 radical (unpaired) electrons. The molecule has 0 aliphatic carbocycles. The number of carbonyl (C=O) groups excluding carboxylic acids is 2. The summed E-state index contributed by atoms with van der Waals surface area (Å²) in [4.78, 5) is 23.8. The number of phenolic OH excluding ortho intramolecular Hbond substituents is 1. The maximum Gasteiger partial charge on any atom is 0.259 e. The number of anilines is 1. The molecule has 24 heavy (non-hydrogen) atoms. The Balaban J connectivity index is 2.06. The molecule has 120 valence electrons. The van der Waals surface area contributed by atoms with Gasteiger partial charge in [0.1, 0.15) is 5.75 Å². The first-order valence-corrected chi connectivity index (χ1v) is 7.73. The van der Waals surface area contributed by atoms with E-state index in [1.165, 1.54) is 12.1 Å². The number of aromatic hydroxyl groups is 1. The second kappa shape index (κ2) is 6.51. The van der Waals surface area contributed by atoms with Crippen LogP contribution < -0.4 is 5.32 Å². The fourth-order valence-electron chi connectivity index (χ4n) is 2.44. The third kappa shape index (κ3) is 2.94. The van der Waals surface area contributed by atoms with Crippen molar-refractivity contribution < 1.29 is 14.7 Å². The largest absolute Gasteiger partial charge is 0.506 e. The normalized spacial score (nSPS) is 10.6. The zero-order valence-corrected chi connectivity index (χ0v) is 13.7. The summed E-state index contributed by atoms with van der Waals surface area (Å²) in [5.74, 6) is -0.947. The molecule has 0 aliphatic heterocycles. The Bertz CT molecular complexity index is 970. The second-order valence-electron chi connectivity index (χ2n) is 5.10. The van der Waals surface area contributed by atoms with Crippen molar-refractivity contribution in [1.82, 2.24) is 0 Å². The predicted octanol–water partition coefficient (Wildman–Crippen LogP) is 4.92. The summed E-state index contributed by atoms with van der Waals surface area (Å²) in [5.41, 5.74) is 0.411. The van der Waals surface area contributed by atoms with E-state index in [4.69, 9.17) is 23.2 Å². The van der Waals surface area contributed by atoms with Crippen molar-refractivity contribution in [1.29, 1.82) is 0 Å². The van der Waals surface area contributed by atoms with Crippen LogP contribution in [0.2, 0.25) is 10.0 Å². The summed E-state index contributed by atoms with van der Waals surface area (Å²) in [6.45, 7) is 0. The first-order valence-electron chi connectivity index (χ1n) is 6.97. The molecule has 0 aliphatic rings. The van der Waals surface area contributed by atoms with Crippen molar-refractivity contribution in [3.63, 3.8) is 0 Å². The lowest BCUT2D eigenvalue weighted by atomic mass is 9.99. The van der Waals surface area contributed by atoms with Crippen LogP contribution in [0.4, 0.5) is 5.69 Å². The Morgan fingerprint density at radius 1 is 1.08 bits per heavy atom. The molecule has 3 aromatic rings. The fraction of sp³-hybridized carbons (Fsp3) is 0. The van der Waals surface area contributed by atoms with Crippen LogP contribution in [-0.4, -0.2) is 17.3 Å². The lowest BCUT2D eigenvalue weighted by Gasteiger charge is -2.12.